The molecule has 1 amide bonds. The number of likely N-dealkylation sites (tertiary alicyclic amines) is 2. The van der Waals surface area contributed by atoms with Gasteiger partial charge in [-0.3, -0.25) is 4.79 Å². The number of carbonyl (C=O) groups is 1. The monoisotopic (exact) mass is 264 g/mol. The summed E-state index contributed by atoms with van der Waals surface area (Å²) >= 11 is 1.55. The van der Waals surface area contributed by atoms with Crippen LogP contribution in [0.3, 0.4) is 0 Å². The van der Waals surface area contributed by atoms with E-state index in [9.17, 15) is 4.79 Å². The summed E-state index contributed by atoms with van der Waals surface area (Å²) in [5, 5.41) is 1.98. The van der Waals surface area contributed by atoms with E-state index in [1.807, 2.05) is 17.5 Å². The summed E-state index contributed by atoms with van der Waals surface area (Å²) in [6.07, 6.45) is 0. The van der Waals surface area contributed by atoms with Gasteiger partial charge in [0.05, 0.1) is 4.88 Å². The summed E-state index contributed by atoms with van der Waals surface area (Å²) in [4.78, 5) is 17.8. The first-order valence-corrected chi connectivity index (χ1v) is 7.60. The van der Waals surface area contributed by atoms with Crippen LogP contribution in [0.5, 0.6) is 0 Å². The molecule has 1 aromatic rings. The lowest BCUT2D eigenvalue weighted by atomic mass is 10.0. The Balaban J connectivity index is 1.63. The molecule has 3 rings (SSSR count). The third kappa shape index (κ3) is 2.08. The minimum absolute atomic E-state index is 0.232. The minimum Gasteiger partial charge on any atom is -0.337 e. The van der Waals surface area contributed by atoms with Gasteiger partial charge >= 0.3 is 0 Å². The van der Waals surface area contributed by atoms with Crippen molar-refractivity contribution in [2.45, 2.75) is 19.9 Å². The number of fused-ring (bicyclic) bond motifs is 1. The Bertz CT molecular complexity index is 415. The molecule has 0 unspecified atom stereocenters. The second-order valence-electron chi connectivity index (χ2n) is 5.76. The Morgan fingerprint density at radius 3 is 2.44 bits per heavy atom. The Morgan fingerprint density at radius 2 is 1.94 bits per heavy atom. The smallest absolute Gasteiger partial charge is 0.263 e. The second-order valence-corrected chi connectivity index (χ2v) is 6.70. The van der Waals surface area contributed by atoms with Crippen molar-refractivity contribution in [2.24, 2.45) is 11.8 Å². The van der Waals surface area contributed by atoms with Gasteiger partial charge in [-0.2, -0.15) is 0 Å². The number of amides is 1. The van der Waals surface area contributed by atoms with Crippen LogP contribution in [0.1, 0.15) is 23.5 Å². The fourth-order valence-corrected chi connectivity index (χ4v) is 3.86. The molecule has 4 heteroatoms. The molecule has 0 spiro atoms. The maximum absolute atomic E-state index is 12.3. The molecule has 3 heterocycles. The molecule has 98 valence electrons. The Hall–Kier alpha value is -0.870. The Kier molecular flexibility index (Phi) is 3.16. The first-order valence-electron chi connectivity index (χ1n) is 6.72. The van der Waals surface area contributed by atoms with Crippen molar-refractivity contribution in [3.63, 3.8) is 0 Å². The fraction of sp³-hybridized carbons (Fsp3) is 0.643. The van der Waals surface area contributed by atoms with Crippen molar-refractivity contribution >= 4 is 17.2 Å². The average molecular weight is 264 g/mol. The topological polar surface area (TPSA) is 23.6 Å². The zero-order valence-electron chi connectivity index (χ0n) is 11.0. The van der Waals surface area contributed by atoms with E-state index >= 15 is 0 Å². The van der Waals surface area contributed by atoms with Crippen molar-refractivity contribution in [1.29, 1.82) is 0 Å². The predicted molar refractivity (Wildman–Crippen MR) is 73.9 cm³/mol. The first kappa shape index (κ1) is 12.2. The van der Waals surface area contributed by atoms with Crippen LogP contribution in [0.25, 0.3) is 0 Å². The fourth-order valence-electron chi connectivity index (χ4n) is 3.17. The number of hydrogen-bond donors (Lipinski definition) is 0. The number of rotatable bonds is 2. The lowest BCUT2D eigenvalue weighted by molar-refractivity contribution is 0.0776. The molecule has 0 saturated carbocycles. The van der Waals surface area contributed by atoms with Crippen LogP contribution in [-0.2, 0) is 0 Å². The van der Waals surface area contributed by atoms with E-state index < -0.39 is 0 Å². The molecule has 18 heavy (non-hydrogen) atoms. The molecule has 3 nitrogen and oxygen atoms in total. The van der Waals surface area contributed by atoms with Gasteiger partial charge in [-0.05, 0) is 37.1 Å². The highest BCUT2D eigenvalue weighted by Crippen LogP contribution is 2.33. The summed E-state index contributed by atoms with van der Waals surface area (Å²) in [7, 11) is 0. The summed E-state index contributed by atoms with van der Waals surface area (Å²) in [6.45, 7) is 8.74. The van der Waals surface area contributed by atoms with Crippen LogP contribution < -0.4 is 0 Å². The van der Waals surface area contributed by atoms with Gasteiger partial charge in [-0.25, -0.2) is 0 Å². The maximum Gasteiger partial charge on any atom is 0.263 e. The quantitative estimate of drug-likeness (QED) is 0.817. The third-order valence-electron chi connectivity index (χ3n) is 4.26. The highest BCUT2D eigenvalue weighted by atomic mass is 32.1. The van der Waals surface area contributed by atoms with Crippen LogP contribution in [-0.4, -0.2) is 47.9 Å². The molecule has 1 aromatic heterocycles. The standard InChI is InChI=1S/C14H20N2OS/c1-10(2)15-6-11-8-16(9-12(11)7-15)14(17)13-4-3-5-18-13/h3-5,10-12H,6-9H2,1-2H3/t11-,12+. The molecule has 0 aromatic carbocycles. The van der Waals surface area contributed by atoms with E-state index in [-0.39, 0.29) is 5.91 Å². The van der Waals surface area contributed by atoms with Crippen LogP contribution >= 0.6 is 11.3 Å². The van der Waals surface area contributed by atoms with Gasteiger partial charge < -0.3 is 9.80 Å². The van der Waals surface area contributed by atoms with Gasteiger partial charge in [0.15, 0.2) is 0 Å². The number of hydrogen-bond acceptors (Lipinski definition) is 3. The SMILES string of the molecule is CC(C)N1C[C@H]2CN(C(=O)c3cccs3)C[C@H]2C1. The van der Waals surface area contributed by atoms with E-state index in [0.29, 0.717) is 17.9 Å². The molecule has 2 atom stereocenters. The number of nitrogens with zero attached hydrogens (tertiary/aromatic N) is 2. The molecule has 2 fully saturated rings. The van der Waals surface area contributed by atoms with E-state index in [2.05, 4.69) is 23.6 Å². The molecule has 0 N–H and O–H groups in total. The predicted octanol–water partition coefficient (Wildman–Crippen LogP) is 2.16. The highest BCUT2D eigenvalue weighted by molar-refractivity contribution is 7.12. The van der Waals surface area contributed by atoms with E-state index in [4.69, 9.17) is 0 Å². The van der Waals surface area contributed by atoms with E-state index in [1.165, 1.54) is 0 Å². The zero-order valence-corrected chi connectivity index (χ0v) is 11.8. The van der Waals surface area contributed by atoms with Gasteiger partial charge in [0.1, 0.15) is 0 Å². The zero-order chi connectivity index (χ0) is 12.7. The van der Waals surface area contributed by atoms with Gasteiger partial charge in [0.2, 0.25) is 0 Å². The summed E-state index contributed by atoms with van der Waals surface area (Å²) in [6, 6.07) is 4.52. The van der Waals surface area contributed by atoms with E-state index in [0.717, 1.165) is 31.1 Å². The van der Waals surface area contributed by atoms with Crippen molar-refractivity contribution < 1.29 is 4.79 Å². The molecule has 2 aliphatic heterocycles. The van der Waals surface area contributed by atoms with Crippen molar-refractivity contribution in [2.75, 3.05) is 26.2 Å². The Morgan fingerprint density at radius 1 is 1.28 bits per heavy atom. The van der Waals surface area contributed by atoms with Crippen molar-refractivity contribution in [1.82, 2.24) is 9.80 Å². The van der Waals surface area contributed by atoms with Gasteiger partial charge in [-0.1, -0.05) is 6.07 Å². The lowest BCUT2D eigenvalue weighted by Crippen LogP contribution is -2.35. The molecule has 2 saturated heterocycles. The lowest BCUT2D eigenvalue weighted by Gasteiger charge is -2.24. The Labute approximate surface area is 112 Å². The van der Waals surface area contributed by atoms with Crippen molar-refractivity contribution in [3.8, 4) is 0 Å². The van der Waals surface area contributed by atoms with E-state index in [1.54, 1.807) is 11.3 Å². The van der Waals surface area contributed by atoms with Crippen molar-refractivity contribution in [3.05, 3.63) is 22.4 Å². The molecule has 0 bridgehead atoms. The van der Waals surface area contributed by atoms with Crippen LogP contribution in [0, 0.1) is 11.8 Å². The summed E-state index contributed by atoms with van der Waals surface area (Å²) in [5.41, 5.74) is 0. The number of carbonyl (C=O) groups excluding carboxylic acids is 1. The molecule has 2 aliphatic rings. The molecular formula is C14H20N2OS. The van der Waals surface area contributed by atoms with Gasteiger partial charge in [-0.15, -0.1) is 11.3 Å². The van der Waals surface area contributed by atoms with Gasteiger partial charge in [0.25, 0.3) is 5.91 Å². The molecule has 0 aliphatic carbocycles. The normalized spacial score (nSPS) is 28.1. The first-order chi connectivity index (χ1) is 8.65. The molecular weight excluding hydrogens is 244 g/mol. The van der Waals surface area contributed by atoms with Crippen LogP contribution in [0.4, 0.5) is 0 Å². The van der Waals surface area contributed by atoms with Gasteiger partial charge in [0, 0.05) is 32.2 Å². The largest absolute Gasteiger partial charge is 0.337 e. The van der Waals surface area contributed by atoms with Crippen LogP contribution in [0.2, 0.25) is 0 Å². The summed E-state index contributed by atoms with van der Waals surface area (Å²) in [5.74, 6) is 1.61. The minimum atomic E-state index is 0.232. The van der Waals surface area contributed by atoms with Crippen LogP contribution in [0.15, 0.2) is 17.5 Å². The number of thiophene rings is 1. The molecule has 0 radical (unpaired) electrons. The highest BCUT2D eigenvalue weighted by Gasteiger charge is 2.42. The summed E-state index contributed by atoms with van der Waals surface area (Å²) < 4.78 is 0. The average Bonchev–Trinajstić information content (AvgIpc) is 3.03. The maximum atomic E-state index is 12.3. The third-order valence-corrected chi connectivity index (χ3v) is 5.12. The second kappa shape index (κ2) is 4.67.